The van der Waals surface area contributed by atoms with E-state index in [0.29, 0.717) is 6.17 Å². The van der Waals surface area contributed by atoms with E-state index in [0.717, 1.165) is 19.0 Å². The number of piperazine rings is 1. The first-order chi connectivity index (χ1) is 5.47. The summed E-state index contributed by atoms with van der Waals surface area (Å²) >= 11 is 2.00. The van der Waals surface area contributed by atoms with Crippen LogP contribution in [-0.4, -0.2) is 48.9 Å². The van der Waals surface area contributed by atoms with Gasteiger partial charge in [0.1, 0.15) is 0 Å². The van der Waals surface area contributed by atoms with Crippen molar-refractivity contribution in [3.05, 3.63) is 0 Å². The van der Waals surface area contributed by atoms with Crippen molar-refractivity contribution in [3.8, 4) is 0 Å². The molecule has 2 rings (SSSR count). The Morgan fingerprint density at radius 3 is 2.73 bits per heavy atom. The predicted octanol–water partition coefficient (Wildman–Crippen LogP) is -0.488. The van der Waals surface area contributed by atoms with Crippen molar-refractivity contribution in [1.29, 1.82) is 0 Å². The number of thioether (sulfide) groups is 1. The van der Waals surface area contributed by atoms with Crippen LogP contribution in [0.5, 0.6) is 0 Å². The van der Waals surface area contributed by atoms with E-state index in [9.17, 15) is 0 Å². The van der Waals surface area contributed by atoms with Gasteiger partial charge in [-0.15, -0.1) is 11.8 Å². The van der Waals surface area contributed by atoms with Gasteiger partial charge in [0.05, 0.1) is 6.17 Å². The molecule has 64 valence electrons. The van der Waals surface area contributed by atoms with Gasteiger partial charge in [-0.25, -0.2) is 0 Å². The molecule has 0 aliphatic carbocycles. The Morgan fingerprint density at radius 2 is 2.09 bits per heavy atom. The molecule has 0 aromatic carbocycles. The van der Waals surface area contributed by atoms with E-state index in [1.165, 1.54) is 18.8 Å². The van der Waals surface area contributed by atoms with Crippen LogP contribution in [0, 0.1) is 0 Å². The first-order valence-corrected chi connectivity index (χ1v) is 5.38. The van der Waals surface area contributed by atoms with Crippen LogP contribution in [-0.2, 0) is 0 Å². The van der Waals surface area contributed by atoms with Crippen LogP contribution in [0.25, 0.3) is 0 Å². The maximum Gasteiger partial charge on any atom is 0.0698 e. The predicted molar refractivity (Wildman–Crippen MR) is 48.7 cm³/mol. The van der Waals surface area contributed by atoms with E-state index in [1.807, 2.05) is 11.8 Å². The van der Waals surface area contributed by atoms with E-state index in [2.05, 4.69) is 15.5 Å². The van der Waals surface area contributed by atoms with Gasteiger partial charge in [0.15, 0.2) is 0 Å². The fourth-order valence-corrected chi connectivity index (χ4v) is 2.59. The van der Waals surface area contributed by atoms with E-state index < -0.39 is 0 Å². The highest BCUT2D eigenvalue weighted by Crippen LogP contribution is 2.13. The van der Waals surface area contributed by atoms with E-state index in [4.69, 9.17) is 0 Å². The quantitative estimate of drug-likeness (QED) is 0.560. The van der Waals surface area contributed by atoms with Crippen molar-refractivity contribution >= 4 is 11.8 Å². The van der Waals surface area contributed by atoms with Crippen molar-refractivity contribution in [1.82, 2.24) is 15.5 Å². The summed E-state index contributed by atoms with van der Waals surface area (Å²) in [5.41, 5.74) is 0. The summed E-state index contributed by atoms with van der Waals surface area (Å²) in [6.07, 6.45) is 0.655. The molecule has 2 N–H and O–H groups in total. The average Bonchev–Trinajstić information content (AvgIpc) is 2.58. The lowest BCUT2D eigenvalue weighted by molar-refractivity contribution is 0.171. The zero-order chi connectivity index (χ0) is 7.52. The molecule has 11 heavy (non-hydrogen) atoms. The van der Waals surface area contributed by atoms with Crippen molar-refractivity contribution < 1.29 is 0 Å². The second-order valence-electron chi connectivity index (χ2n) is 3.02. The SMILES string of the molecule is C1CN(C2CSCN2)CCN1. The first-order valence-electron chi connectivity index (χ1n) is 4.23. The Morgan fingerprint density at radius 1 is 1.27 bits per heavy atom. The van der Waals surface area contributed by atoms with Gasteiger partial charge < -0.3 is 5.32 Å². The van der Waals surface area contributed by atoms with Crippen LogP contribution in [0.1, 0.15) is 0 Å². The third-order valence-electron chi connectivity index (χ3n) is 2.29. The van der Waals surface area contributed by atoms with Gasteiger partial charge in [0, 0.05) is 37.8 Å². The molecule has 2 saturated heterocycles. The minimum Gasteiger partial charge on any atom is -0.314 e. The molecular formula is C7H15N3S. The molecule has 0 spiro atoms. The number of rotatable bonds is 1. The Kier molecular flexibility index (Phi) is 2.68. The van der Waals surface area contributed by atoms with Gasteiger partial charge in [-0.3, -0.25) is 10.2 Å². The molecule has 3 nitrogen and oxygen atoms in total. The van der Waals surface area contributed by atoms with Gasteiger partial charge >= 0.3 is 0 Å². The summed E-state index contributed by atoms with van der Waals surface area (Å²) < 4.78 is 0. The summed E-state index contributed by atoms with van der Waals surface area (Å²) in [5.74, 6) is 2.40. The molecule has 4 heteroatoms. The molecule has 2 heterocycles. The number of hydrogen-bond donors (Lipinski definition) is 2. The topological polar surface area (TPSA) is 27.3 Å². The number of nitrogens with zero attached hydrogens (tertiary/aromatic N) is 1. The highest BCUT2D eigenvalue weighted by Gasteiger charge is 2.22. The van der Waals surface area contributed by atoms with Gasteiger partial charge in [0.2, 0.25) is 0 Å². The van der Waals surface area contributed by atoms with Crippen molar-refractivity contribution in [2.24, 2.45) is 0 Å². The fraction of sp³-hybridized carbons (Fsp3) is 1.00. The first kappa shape index (κ1) is 7.86. The Balaban J connectivity index is 1.82. The maximum absolute atomic E-state index is 3.49. The zero-order valence-electron chi connectivity index (χ0n) is 6.68. The molecule has 2 fully saturated rings. The van der Waals surface area contributed by atoms with Crippen LogP contribution in [0.2, 0.25) is 0 Å². The second kappa shape index (κ2) is 3.76. The van der Waals surface area contributed by atoms with Crippen LogP contribution in [0.4, 0.5) is 0 Å². The van der Waals surface area contributed by atoms with Gasteiger partial charge in [0.25, 0.3) is 0 Å². The smallest absolute Gasteiger partial charge is 0.0698 e. The normalized spacial score (nSPS) is 34.4. The standard InChI is InChI=1S/C7H15N3S/c1-3-10(4-2-8-1)7-5-11-6-9-7/h7-9H,1-6H2. The largest absolute Gasteiger partial charge is 0.314 e. The lowest BCUT2D eigenvalue weighted by atomic mass is 10.3. The monoisotopic (exact) mass is 173 g/mol. The summed E-state index contributed by atoms with van der Waals surface area (Å²) in [4.78, 5) is 2.54. The van der Waals surface area contributed by atoms with Crippen LogP contribution in [0.3, 0.4) is 0 Å². The molecule has 2 aliphatic rings. The highest BCUT2D eigenvalue weighted by molar-refractivity contribution is 7.99. The molecule has 1 atom stereocenters. The average molecular weight is 173 g/mol. The van der Waals surface area contributed by atoms with Crippen molar-refractivity contribution in [2.75, 3.05) is 37.8 Å². The fourth-order valence-electron chi connectivity index (χ4n) is 1.61. The lowest BCUT2D eigenvalue weighted by Crippen LogP contribution is -2.52. The minimum atomic E-state index is 0.655. The summed E-state index contributed by atoms with van der Waals surface area (Å²) in [6.45, 7) is 4.72. The van der Waals surface area contributed by atoms with Crippen LogP contribution >= 0.6 is 11.8 Å². The molecular weight excluding hydrogens is 158 g/mol. The Labute approximate surface area is 71.9 Å². The summed E-state index contributed by atoms with van der Waals surface area (Å²) in [7, 11) is 0. The van der Waals surface area contributed by atoms with E-state index in [1.54, 1.807) is 0 Å². The second-order valence-corrected chi connectivity index (χ2v) is 4.05. The third-order valence-corrected chi connectivity index (χ3v) is 3.21. The molecule has 0 amide bonds. The molecule has 0 aromatic heterocycles. The van der Waals surface area contributed by atoms with E-state index in [-0.39, 0.29) is 0 Å². The molecule has 2 aliphatic heterocycles. The van der Waals surface area contributed by atoms with Gasteiger partial charge in [-0.2, -0.15) is 0 Å². The Hall–Kier alpha value is 0.230. The van der Waals surface area contributed by atoms with E-state index >= 15 is 0 Å². The summed E-state index contributed by atoms with van der Waals surface area (Å²) in [6, 6.07) is 0. The number of hydrogen-bond acceptors (Lipinski definition) is 4. The number of nitrogens with one attached hydrogen (secondary N) is 2. The maximum atomic E-state index is 3.49. The van der Waals surface area contributed by atoms with Crippen LogP contribution in [0.15, 0.2) is 0 Å². The molecule has 0 radical (unpaired) electrons. The van der Waals surface area contributed by atoms with Crippen molar-refractivity contribution in [3.63, 3.8) is 0 Å². The Bertz CT molecular complexity index is 119. The molecule has 0 aromatic rings. The molecule has 0 bridgehead atoms. The molecule has 0 saturated carbocycles. The van der Waals surface area contributed by atoms with Crippen molar-refractivity contribution in [2.45, 2.75) is 6.17 Å². The molecule has 1 unspecified atom stereocenters. The van der Waals surface area contributed by atoms with Crippen LogP contribution < -0.4 is 10.6 Å². The minimum absolute atomic E-state index is 0.655. The summed E-state index contributed by atoms with van der Waals surface area (Å²) in [5, 5.41) is 6.85. The van der Waals surface area contributed by atoms with Gasteiger partial charge in [-0.1, -0.05) is 0 Å². The highest BCUT2D eigenvalue weighted by atomic mass is 32.2. The van der Waals surface area contributed by atoms with Gasteiger partial charge in [-0.05, 0) is 0 Å². The zero-order valence-corrected chi connectivity index (χ0v) is 7.49. The third kappa shape index (κ3) is 1.87. The lowest BCUT2D eigenvalue weighted by Gasteiger charge is -2.32.